The van der Waals surface area contributed by atoms with Gasteiger partial charge in [-0.05, 0) is 13.3 Å². The monoisotopic (exact) mass is 223 g/mol. The number of nitrogens with one attached hydrogen (secondary N) is 1. The molecular weight excluding hydrogens is 206 g/mol. The van der Waals surface area contributed by atoms with E-state index in [1.54, 1.807) is 12.4 Å². The summed E-state index contributed by atoms with van der Waals surface area (Å²) in [6.07, 6.45) is 4.39. The van der Waals surface area contributed by atoms with Gasteiger partial charge >= 0.3 is 0 Å². The Labute approximate surface area is 95.2 Å². The Hall–Kier alpha value is -1.36. The van der Waals surface area contributed by atoms with Crippen molar-refractivity contribution < 1.29 is 9.47 Å². The summed E-state index contributed by atoms with van der Waals surface area (Å²) in [6, 6.07) is 0. The molecule has 16 heavy (non-hydrogen) atoms. The molecule has 1 aromatic rings. The van der Waals surface area contributed by atoms with Gasteiger partial charge in [-0.25, -0.2) is 0 Å². The fourth-order valence-corrected chi connectivity index (χ4v) is 1.60. The lowest BCUT2D eigenvalue weighted by atomic mass is 10.1. The van der Waals surface area contributed by atoms with E-state index in [2.05, 4.69) is 15.3 Å². The molecule has 1 atom stereocenters. The van der Waals surface area contributed by atoms with Crippen LogP contribution in [-0.4, -0.2) is 36.3 Å². The SMILES string of the molecule is CCNc1cncc(OCC2CCOC2)n1. The van der Waals surface area contributed by atoms with Crippen LogP contribution in [0.15, 0.2) is 12.4 Å². The van der Waals surface area contributed by atoms with E-state index in [0.29, 0.717) is 18.4 Å². The molecular formula is C11H17N3O2. The molecule has 1 aliphatic rings. The van der Waals surface area contributed by atoms with Crippen molar-refractivity contribution >= 4 is 5.82 Å². The van der Waals surface area contributed by atoms with E-state index in [0.717, 1.165) is 32.0 Å². The van der Waals surface area contributed by atoms with Crippen molar-refractivity contribution in [2.75, 3.05) is 31.7 Å². The molecule has 88 valence electrons. The maximum Gasteiger partial charge on any atom is 0.234 e. The minimum absolute atomic E-state index is 0.490. The fourth-order valence-electron chi connectivity index (χ4n) is 1.60. The van der Waals surface area contributed by atoms with E-state index in [4.69, 9.17) is 9.47 Å². The highest BCUT2D eigenvalue weighted by molar-refractivity contribution is 5.32. The molecule has 0 bridgehead atoms. The molecule has 5 nitrogen and oxygen atoms in total. The molecule has 1 saturated heterocycles. The molecule has 2 rings (SSSR count). The second-order valence-electron chi connectivity index (χ2n) is 3.81. The molecule has 1 N–H and O–H groups in total. The molecule has 0 amide bonds. The number of aromatic nitrogens is 2. The normalized spacial score (nSPS) is 19.7. The first-order valence-corrected chi connectivity index (χ1v) is 5.65. The molecule has 1 fully saturated rings. The predicted octanol–water partition coefficient (Wildman–Crippen LogP) is 1.32. The van der Waals surface area contributed by atoms with E-state index in [1.165, 1.54) is 0 Å². The predicted molar refractivity (Wildman–Crippen MR) is 60.6 cm³/mol. The number of ether oxygens (including phenoxy) is 2. The Bertz CT molecular complexity index is 327. The Morgan fingerprint density at radius 1 is 1.56 bits per heavy atom. The van der Waals surface area contributed by atoms with Gasteiger partial charge in [0.1, 0.15) is 5.82 Å². The van der Waals surface area contributed by atoms with Crippen molar-refractivity contribution in [3.05, 3.63) is 12.4 Å². The highest BCUT2D eigenvalue weighted by Gasteiger charge is 2.16. The molecule has 0 saturated carbocycles. The summed E-state index contributed by atoms with van der Waals surface area (Å²) < 4.78 is 10.9. The molecule has 0 radical (unpaired) electrons. The van der Waals surface area contributed by atoms with Crippen molar-refractivity contribution in [1.82, 2.24) is 9.97 Å². The standard InChI is InChI=1S/C11H17N3O2/c1-2-13-10-5-12-6-11(14-10)16-8-9-3-4-15-7-9/h5-6,9H,2-4,7-8H2,1H3,(H,13,14). The van der Waals surface area contributed by atoms with Gasteiger partial charge in [0, 0.05) is 19.1 Å². The minimum Gasteiger partial charge on any atom is -0.476 e. The van der Waals surface area contributed by atoms with Crippen LogP contribution >= 0.6 is 0 Å². The summed E-state index contributed by atoms with van der Waals surface area (Å²) in [5.41, 5.74) is 0. The van der Waals surface area contributed by atoms with E-state index in [-0.39, 0.29) is 0 Å². The third kappa shape index (κ3) is 3.06. The summed E-state index contributed by atoms with van der Waals surface area (Å²) in [6.45, 7) is 5.14. The lowest BCUT2D eigenvalue weighted by molar-refractivity contribution is 0.165. The molecule has 0 aliphatic carbocycles. The zero-order valence-corrected chi connectivity index (χ0v) is 9.48. The zero-order chi connectivity index (χ0) is 11.2. The summed E-state index contributed by atoms with van der Waals surface area (Å²) in [4.78, 5) is 8.35. The van der Waals surface area contributed by atoms with Crippen LogP contribution in [0.5, 0.6) is 5.88 Å². The van der Waals surface area contributed by atoms with Crippen molar-refractivity contribution in [1.29, 1.82) is 0 Å². The highest BCUT2D eigenvalue weighted by Crippen LogP contribution is 2.15. The summed E-state index contributed by atoms with van der Waals surface area (Å²) in [5, 5.41) is 3.10. The molecule has 5 heteroatoms. The maximum atomic E-state index is 5.58. The molecule has 0 aromatic carbocycles. The van der Waals surface area contributed by atoms with Gasteiger partial charge in [0.15, 0.2) is 0 Å². The van der Waals surface area contributed by atoms with Crippen LogP contribution in [0, 0.1) is 5.92 Å². The smallest absolute Gasteiger partial charge is 0.234 e. The molecule has 1 aliphatic heterocycles. The van der Waals surface area contributed by atoms with Gasteiger partial charge in [0.05, 0.1) is 25.6 Å². The van der Waals surface area contributed by atoms with Gasteiger partial charge in [0.2, 0.25) is 5.88 Å². The summed E-state index contributed by atoms with van der Waals surface area (Å²) >= 11 is 0. The van der Waals surface area contributed by atoms with E-state index in [9.17, 15) is 0 Å². The van der Waals surface area contributed by atoms with Crippen LogP contribution in [0.1, 0.15) is 13.3 Å². The number of nitrogens with zero attached hydrogens (tertiary/aromatic N) is 2. The third-order valence-corrected chi connectivity index (χ3v) is 2.46. The molecule has 1 aromatic heterocycles. The van der Waals surface area contributed by atoms with Crippen molar-refractivity contribution in [2.24, 2.45) is 5.92 Å². The molecule has 0 spiro atoms. The highest BCUT2D eigenvalue weighted by atomic mass is 16.5. The van der Waals surface area contributed by atoms with Gasteiger partial charge < -0.3 is 14.8 Å². The largest absolute Gasteiger partial charge is 0.476 e. The Morgan fingerprint density at radius 2 is 2.50 bits per heavy atom. The van der Waals surface area contributed by atoms with Crippen molar-refractivity contribution in [3.8, 4) is 5.88 Å². The van der Waals surface area contributed by atoms with Gasteiger partial charge in [0.25, 0.3) is 0 Å². The van der Waals surface area contributed by atoms with Crippen LogP contribution in [0.4, 0.5) is 5.82 Å². The number of hydrogen-bond acceptors (Lipinski definition) is 5. The van der Waals surface area contributed by atoms with Crippen LogP contribution < -0.4 is 10.1 Å². The first-order valence-electron chi connectivity index (χ1n) is 5.65. The van der Waals surface area contributed by atoms with Gasteiger partial charge in [-0.2, -0.15) is 4.98 Å². The first-order chi connectivity index (χ1) is 7.88. The average molecular weight is 223 g/mol. The van der Waals surface area contributed by atoms with Crippen LogP contribution in [0.2, 0.25) is 0 Å². The Balaban J connectivity index is 1.85. The van der Waals surface area contributed by atoms with E-state index < -0.39 is 0 Å². The topological polar surface area (TPSA) is 56.3 Å². The number of rotatable bonds is 5. The number of anilines is 1. The lowest BCUT2D eigenvalue weighted by Gasteiger charge is -2.10. The number of hydrogen-bond donors (Lipinski definition) is 1. The van der Waals surface area contributed by atoms with Crippen LogP contribution in [0.25, 0.3) is 0 Å². The maximum absolute atomic E-state index is 5.58. The minimum atomic E-state index is 0.490. The molecule has 1 unspecified atom stereocenters. The van der Waals surface area contributed by atoms with Crippen molar-refractivity contribution in [3.63, 3.8) is 0 Å². The quantitative estimate of drug-likeness (QED) is 0.816. The average Bonchev–Trinajstić information content (AvgIpc) is 2.80. The first kappa shape index (κ1) is 11.1. The van der Waals surface area contributed by atoms with Crippen LogP contribution in [-0.2, 0) is 4.74 Å². The second kappa shape index (κ2) is 5.65. The summed E-state index contributed by atoms with van der Waals surface area (Å²) in [7, 11) is 0. The third-order valence-electron chi connectivity index (χ3n) is 2.46. The second-order valence-corrected chi connectivity index (χ2v) is 3.81. The molecule has 2 heterocycles. The summed E-state index contributed by atoms with van der Waals surface area (Å²) in [5.74, 6) is 1.82. The Kier molecular flexibility index (Phi) is 3.93. The van der Waals surface area contributed by atoms with Crippen molar-refractivity contribution in [2.45, 2.75) is 13.3 Å². The lowest BCUT2D eigenvalue weighted by Crippen LogP contribution is -2.12. The van der Waals surface area contributed by atoms with Crippen LogP contribution in [0.3, 0.4) is 0 Å². The van der Waals surface area contributed by atoms with Gasteiger partial charge in [-0.15, -0.1) is 0 Å². The van der Waals surface area contributed by atoms with Gasteiger partial charge in [-0.1, -0.05) is 0 Å². The zero-order valence-electron chi connectivity index (χ0n) is 9.48. The fraction of sp³-hybridized carbons (Fsp3) is 0.636. The van der Waals surface area contributed by atoms with Gasteiger partial charge in [-0.3, -0.25) is 4.98 Å². The van der Waals surface area contributed by atoms with E-state index >= 15 is 0 Å². The van der Waals surface area contributed by atoms with E-state index in [1.807, 2.05) is 6.92 Å². The Morgan fingerprint density at radius 3 is 3.25 bits per heavy atom.